The number of carbonyl (C=O) groups excluding carboxylic acids is 1. The van der Waals surface area contributed by atoms with Crippen molar-refractivity contribution in [1.82, 2.24) is 10.2 Å². The van der Waals surface area contributed by atoms with Gasteiger partial charge in [0.05, 0.1) is 12.8 Å². The van der Waals surface area contributed by atoms with Crippen molar-refractivity contribution in [2.75, 3.05) is 17.7 Å². The fourth-order valence-corrected chi connectivity index (χ4v) is 2.42. The maximum atomic E-state index is 12.1. The third-order valence-electron chi connectivity index (χ3n) is 4.05. The Morgan fingerprint density at radius 2 is 1.54 bits per heavy atom. The largest absolute Gasteiger partial charge is 0.480 e. The summed E-state index contributed by atoms with van der Waals surface area (Å²) in [5.41, 5.74) is 5.41. The lowest BCUT2D eigenvalue weighted by atomic mass is 10.1. The number of amides is 2. The highest BCUT2D eigenvalue weighted by Crippen LogP contribution is 2.20. The Bertz CT molecular complexity index is 906. The average molecular weight is 348 g/mol. The van der Waals surface area contributed by atoms with Gasteiger partial charge in [0.2, 0.25) is 5.88 Å². The van der Waals surface area contributed by atoms with Crippen LogP contribution in [0.3, 0.4) is 0 Å². The summed E-state index contributed by atoms with van der Waals surface area (Å²) < 4.78 is 5.00. The number of carbonyl (C=O) groups is 1. The van der Waals surface area contributed by atoms with Gasteiger partial charge in [-0.3, -0.25) is 0 Å². The maximum Gasteiger partial charge on any atom is 0.323 e. The molecule has 2 amide bonds. The molecule has 0 aliphatic heterocycles. The van der Waals surface area contributed by atoms with Crippen LogP contribution in [0.2, 0.25) is 0 Å². The van der Waals surface area contributed by atoms with Crippen molar-refractivity contribution < 1.29 is 9.53 Å². The van der Waals surface area contributed by atoms with E-state index in [0.29, 0.717) is 11.6 Å². The molecule has 0 saturated heterocycles. The molecule has 0 saturated carbocycles. The Labute approximate surface area is 152 Å². The third kappa shape index (κ3) is 4.16. The predicted molar refractivity (Wildman–Crippen MR) is 103 cm³/mol. The topological polar surface area (TPSA) is 76.1 Å². The van der Waals surface area contributed by atoms with Gasteiger partial charge in [-0.15, -0.1) is 10.2 Å². The van der Waals surface area contributed by atoms with Gasteiger partial charge in [0.1, 0.15) is 0 Å². The van der Waals surface area contributed by atoms with E-state index in [2.05, 4.69) is 20.8 Å². The normalized spacial score (nSPS) is 10.3. The van der Waals surface area contributed by atoms with Crippen LogP contribution in [0.5, 0.6) is 5.88 Å². The molecule has 2 N–H and O–H groups in total. The van der Waals surface area contributed by atoms with Gasteiger partial charge in [-0.1, -0.05) is 18.2 Å². The van der Waals surface area contributed by atoms with Gasteiger partial charge in [-0.25, -0.2) is 4.79 Å². The number of methoxy groups -OCH3 is 1. The van der Waals surface area contributed by atoms with Crippen LogP contribution >= 0.6 is 0 Å². The molecule has 0 aliphatic carbocycles. The van der Waals surface area contributed by atoms with Gasteiger partial charge in [-0.2, -0.15) is 0 Å². The Morgan fingerprint density at radius 1 is 0.846 bits per heavy atom. The molecule has 6 nitrogen and oxygen atoms in total. The molecule has 6 heteroatoms. The number of nitrogens with one attached hydrogen (secondary N) is 2. The van der Waals surface area contributed by atoms with Crippen LogP contribution in [0.15, 0.2) is 54.6 Å². The summed E-state index contributed by atoms with van der Waals surface area (Å²) in [6.45, 7) is 4.05. The first-order valence-corrected chi connectivity index (χ1v) is 8.18. The smallest absolute Gasteiger partial charge is 0.323 e. The molecule has 26 heavy (non-hydrogen) atoms. The SMILES string of the molecule is COc1ccc(-c2ccc(NC(=O)Nc3ccc(C)c(C)c3)cc2)nn1. The minimum Gasteiger partial charge on any atom is -0.480 e. The Morgan fingerprint density at radius 3 is 2.15 bits per heavy atom. The van der Waals surface area contributed by atoms with Crippen molar-refractivity contribution in [1.29, 1.82) is 0 Å². The Kier molecular flexibility index (Phi) is 5.12. The van der Waals surface area contributed by atoms with Crippen LogP contribution in [0, 0.1) is 13.8 Å². The number of benzene rings is 2. The summed E-state index contributed by atoms with van der Waals surface area (Å²) in [5, 5.41) is 13.7. The first kappa shape index (κ1) is 17.4. The number of ether oxygens (including phenoxy) is 1. The van der Waals surface area contributed by atoms with E-state index in [-0.39, 0.29) is 6.03 Å². The van der Waals surface area contributed by atoms with Gasteiger partial charge in [0, 0.05) is 23.0 Å². The second-order valence-corrected chi connectivity index (χ2v) is 5.92. The van der Waals surface area contributed by atoms with Crippen molar-refractivity contribution in [3.8, 4) is 17.1 Å². The number of anilines is 2. The van der Waals surface area contributed by atoms with E-state index < -0.39 is 0 Å². The number of urea groups is 1. The molecule has 0 bridgehead atoms. The van der Waals surface area contributed by atoms with Gasteiger partial charge < -0.3 is 15.4 Å². The minimum absolute atomic E-state index is 0.287. The van der Waals surface area contributed by atoms with Crippen LogP contribution in [-0.4, -0.2) is 23.3 Å². The van der Waals surface area contributed by atoms with Gasteiger partial charge in [0.15, 0.2) is 0 Å². The van der Waals surface area contributed by atoms with Gasteiger partial charge in [-0.05, 0) is 55.3 Å². The fraction of sp³-hybridized carbons (Fsp3) is 0.150. The molecule has 1 heterocycles. The lowest BCUT2D eigenvalue weighted by Crippen LogP contribution is -2.19. The Balaban J connectivity index is 1.64. The van der Waals surface area contributed by atoms with Crippen LogP contribution in [0.25, 0.3) is 11.3 Å². The van der Waals surface area contributed by atoms with Crippen molar-refractivity contribution in [3.05, 3.63) is 65.7 Å². The number of rotatable bonds is 4. The summed E-state index contributed by atoms with van der Waals surface area (Å²) >= 11 is 0. The molecule has 3 aromatic rings. The van der Waals surface area contributed by atoms with Crippen LogP contribution < -0.4 is 15.4 Å². The van der Waals surface area contributed by atoms with E-state index >= 15 is 0 Å². The van der Waals surface area contributed by atoms with Crippen molar-refractivity contribution >= 4 is 17.4 Å². The number of aromatic nitrogens is 2. The van der Waals surface area contributed by atoms with Gasteiger partial charge in [0.25, 0.3) is 0 Å². The quantitative estimate of drug-likeness (QED) is 0.732. The molecular weight excluding hydrogens is 328 g/mol. The number of hydrogen-bond donors (Lipinski definition) is 2. The summed E-state index contributed by atoms with van der Waals surface area (Å²) in [7, 11) is 1.55. The van der Waals surface area contributed by atoms with E-state index in [1.807, 2.05) is 62.4 Å². The lowest BCUT2D eigenvalue weighted by molar-refractivity contribution is 0.262. The van der Waals surface area contributed by atoms with Crippen LogP contribution in [0.4, 0.5) is 16.2 Å². The second kappa shape index (κ2) is 7.65. The molecule has 132 valence electrons. The highest BCUT2D eigenvalue weighted by molar-refractivity contribution is 5.99. The van der Waals surface area contributed by atoms with Crippen LogP contribution in [0.1, 0.15) is 11.1 Å². The van der Waals surface area contributed by atoms with E-state index in [1.165, 1.54) is 5.56 Å². The zero-order valence-corrected chi connectivity index (χ0v) is 14.9. The van der Waals surface area contributed by atoms with Crippen molar-refractivity contribution in [2.45, 2.75) is 13.8 Å². The molecule has 2 aromatic carbocycles. The van der Waals surface area contributed by atoms with E-state index in [1.54, 1.807) is 13.2 Å². The molecule has 3 rings (SSSR count). The molecule has 1 aromatic heterocycles. The lowest BCUT2D eigenvalue weighted by Gasteiger charge is -2.10. The standard InChI is InChI=1S/C20H20N4O2/c1-13-4-7-17(12-14(13)2)22-20(25)21-16-8-5-15(6-9-16)18-10-11-19(26-3)24-23-18/h4-12H,1-3H3,(H2,21,22,25). The first-order chi connectivity index (χ1) is 12.5. The summed E-state index contributed by atoms with van der Waals surface area (Å²) in [6, 6.07) is 16.5. The minimum atomic E-state index is -0.287. The predicted octanol–water partition coefficient (Wildman–Crippen LogP) is 4.41. The van der Waals surface area contributed by atoms with Crippen LogP contribution in [-0.2, 0) is 0 Å². The summed E-state index contributed by atoms with van der Waals surface area (Å²) in [4.78, 5) is 12.1. The van der Waals surface area contributed by atoms with Crippen molar-refractivity contribution in [2.24, 2.45) is 0 Å². The van der Waals surface area contributed by atoms with Crippen molar-refractivity contribution in [3.63, 3.8) is 0 Å². The molecule has 0 spiro atoms. The highest BCUT2D eigenvalue weighted by atomic mass is 16.5. The monoisotopic (exact) mass is 348 g/mol. The third-order valence-corrected chi connectivity index (χ3v) is 4.05. The molecular formula is C20H20N4O2. The zero-order chi connectivity index (χ0) is 18.5. The Hall–Kier alpha value is -3.41. The van der Waals surface area contributed by atoms with E-state index in [9.17, 15) is 4.79 Å². The number of nitrogens with zero attached hydrogens (tertiary/aromatic N) is 2. The first-order valence-electron chi connectivity index (χ1n) is 8.18. The summed E-state index contributed by atoms with van der Waals surface area (Å²) in [6.07, 6.45) is 0. The molecule has 0 aliphatic rings. The zero-order valence-electron chi connectivity index (χ0n) is 14.9. The number of hydrogen-bond acceptors (Lipinski definition) is 4. The molecule has 0 radical (unpaired) electrons. The highest BCUT2D eigenvalue weighted by Gasteiger charge is 2.05. The number of aryl methyl sites for hydroxylation is 2. The molecule has 0 atom stereocenters. The second-order valence-electron chi connectivity index (χ2n) is 5.92. The molecule has 0 unspecified atom stereocenters. The fourth-order valence-electron chi connectivity index (χ4n) is 2.42. The average Bonchev–Trinajstić information content (AvgIpc) is 2.65. The van der Waals surface area contributed by atoms with Gasteiger partial charge >= 0.3 is 6.03 Å². The molecule has 0 fully saturated rings. The summed E-state index contributed by atoms with van der Waals surface area (Å²) in [5.74, 6) is 0.468. The van der Waals surface area contributed by atoms with E-state index in [0.717, 1.165) is 22.5 Å². The van der Waals surface area contributed by atoms with E-state index in [4.69, 9.17) is 4.74 Å². The maximum absolute atomic E-state index is 12.1.